The van der Waals surface area contributed by atoms with E-state index in [0.29, 0.717) is 30.8 Å². The Hall–Kier alpha value is -3.92. The minimum Gasteiger partial charge on any atom is -0.335 e. The number of hydrogen-bond acceptors (Lipinski definition) is 4. The molecule has 148 valence electrons. The van der Waals surface area contributed by atoms with Gasteiger partial charge in [0.2, 0.25) is 5.91 Å². The first-order chi connectivity index (χ1) is 14.5. The van der Waals surface area contributed by atoms with Crippen molar-refractivity contribution in [3.63, 3.8) is 0 Å². The molecule has 3 heterocycles. The molecular formula is C23H19N5O2. The summed E-state index contributed by atoms with van der Waals surface area (Å²) in [7, 11) is 0. The summed E-state index contributed by atoms with van der Waals surface area (Å²) in [5.74, 6) is -0.170. The number of amides is 2. The molecule has 0 unspecified atom stereocenters. The smallest absolute Gasteiger partial charge is 0.254 e. The van der Waals surface area contributed by atoms with Crippen molar-refractivity contribution < 1.29 is 9.59 Å². The second-order valence-electron chi connectivity index (χ2n) is 7.79. The molecule has 1 fully saturated rings. The van der Waals surface area contributed by atoms with Crippen LogP contribution in [0.5, 0.6) is 0 Å². The Balaban J connectivity index is 1.54. The Bertz CT molecular complexity index is 1280. The van der Waals surface area contributed by atoms with Gasteiger partial charge in [0.1, 0.15) is 0 Å². The van der Waals surface area contributed by atoms with E-state index < -0.39 is 0 Å². The van der Waals surface area contributed by atoms with Gasteiger partial charge in [0.15, 0.2) is 0 Å². The first-order valence-corrected chi connectivity index (χ1v) is 9.74. The van der Waals surface area contributed by atoms with Crippen LogP contribution in [0.4, 0.5) is 0 Å². The lowest BCUT2D eigenvalue weighted by molar-refractivity contribution is -0.132. The number of likely N-dealkylation sites (tertiary alicyclic amines) is 1. The molecule has 7 nitrogen and oxygen atoms in total. The van der Waals surface area contributed by atoms with Gasteiger partial charge in [-0.3, -0.25) is 14.7 Å². The van der Waals surface area contributed by atoms with Gasteiger partial charge in [-0.2, -0.15) is 10.4 Å². The lowest BCUT2D eigenvalue weighted by Crippen LogP contribution is -2.60. The van der Waals surface area contributed by atoms with Gasteiger partial charge in [-0.15, -0.1) is 0 Å². The van der Waals surface area contributed by atoms with Crippen molar-refractivity contribution in [2.45, 2.75) is 19.5 Å². The monoisotopic (exact) mass is 397 g/mol. The zero-order chi connectivity index (χ0) is 21.0. The molecule has 0 radical (unpaired) electrons. The summed E-state index contributed by atoms with van der Waals surface area (Å²) in [6.07, 6.45) is 3.04. The van der Waals surface area contributed by atoms with E-state index in [-0.39, 0.29) is 17.9 Å². The van der Waals surface area contributed by atoms with Gasteiger partial charge in [0, 0.05) is 36.1 Å². The number of fused-ring (bicyclic) bond motifs is 2. The van der Waals surface area contributed by atoms with Crippen LogP contribution in [-0.2, 0) is 11.3 Å². The van der Waals surface area contributed by atoms with Gasteiger partial charge in [0.05, 0.1) is 29.4 Å². The van der Waals surface area contributed by atoms with Crippen molar-refractivity contribution >= 4 is 22.7 Å². The number of nitriles is 1. The highest BCUT2D eigenvalue weighted by Crippen LogP contribution is 2.37. The summed E-state index contributed by atoms with van der Waals surface area (Å²) in [5, 5.41) is 17.8. The molecule has 5 rings (SSSR count). The van der Waals surface area contributed by atoms with Crippen molar-refractivity contribution in [2.24, 2.45) is 0 Å². The van der Waals surface area contributed by atoms with Crippen molar-refractivity contribution in [2.75, 3.05) is 13.1 Å². The summed E-state index contributed by atoms with van der Waals surface area (Å²) in [5.41, 5.74) is 5.57. The first-order valence-electron chi connectivity index (χ1n) is 9.74. The fourth-order valence-electron chi connectivity index (χ4n) is 4.42. The minimum absolute atomic E-state index is 0.0122. The van der Waals surface area contributed by atoms with Crippen LogP contribution in [0.1, 0.15) is 27.0 Å². The molecule has 2 aliphatic heterocycles. The maximum absolute atomic E-state index is 13.2. The first kappa shape index (κ1) is 18.1. The van der Waals surface area contributed by atoms with Gasteiger partial charge in [0.25, 0.3) is 5.91 Å². The molecule has 2 aliphatic rings. The van der Waals surface area contributed by atoms with Crippen LogP contribution in [0.25, 0.3) is 22.0 Å². The summed E-state index contributed by atoms with van der Waals surface area (Å²) in [6.45, 7) is 6.97. The van der Waals surface area contributed by atoms with Crippen molar-refractivity contribution in [3.05, 3.63) is 65.4 Å². The Kier molecular flexibility index (Phi) is 3.97. The van der Waals surface area contributed by atoms with Crippen LogP contribution in [0.3, 0.4) is 0 Å². The molecule has 0 bridgehead atoms. The van der Waals surface area contributed by atoms with Gasteiger partial charge in [-0.25, -0.2) is 0 Å². The third-order valence-corrected chi connectivity index (χ3v) is 6.09. The predicted octanol–water partition coefficient (Wildman–Crippen LogP) is 2.76. The van der Waals surface area contributed by atoms with Crippen LogP contribution in [0.15, 0.2) is 43.1 Å². The lowest BCUT2D eigenvalue weighted by atomic mass is 9.90. The highest BCUT2D eigenvalue weighted by Gasteiger charge is 2.40. The van der Waals surface area contributed by atoms with Crippen molar-refractivity contribution in [1.29, 1.82) is 5.26 Å². The van der Waals surface area contributed by atoms with Crippen molar-refractivity contribution in [1.82, 2.24) is 20.0 Å². The van der Waals surface area contributed by atoms with E-state index >= 15 is 0 Å². The Morgan fingerprint density at radius 2 is 2.13 bits per heavy atom. The predicted molar refractivity (Wildman–Crippen MR) is 111 cm³/mol. The Labute approximate surface area is 173 Å². The number of hydrogen-bond donors (Lipinski definition) is 1. The van der Waals surface area contributed by atoms with Gasteiger partial charge < -0.3 is 9.80 Å². The molecule has 0 atom stereocenters. The molecule has 3 aromatic rings. The molecule has 7 heteroatoms. The van der Waals surface area contributed by atoms with E-state index in [4.69, 9.17) is 0 Å². The van der Waals surface area contributed by atoms with E-state index in [2.05, 4.69) is 22.8 Å². The normalized spacial score (nSPS) is 15.8. The molecule has 2 amide bonds. The summed E-state index contributed by atoms with van der Waals surface area (Å²) < 4.78 is 0. The molecule has 2 aromatic carbocycles. The topological polar surface area (TPSA) is 93.1 Å². The molecule has 1 N–H and O–H groups in total. The third kappa shape index (κ3) is 2.54. The number of rotatable bonds is 3. The van der Waals surface area contributed by atoms with E-state index in [0.717, 1.165) is 33.2 Å². The molecule has 0 saturated carbocycles. The molecule has 1 saturated heterocycles. The van der Waals surface area contributed by atoms with Gasteiger partial charge in [-0.05, 0) is 47.9 Å². The molecule has 0 aliphatic carbocycles. The number of benzene rings is 2. The van der Waals surface area contributed by atoms with E-state index in [1.165, 1.54) is 6.08 Å². The van der Waals surface area contributed by atoms with Gasteiger partial charge >= 0.3 is 0 Å². The van der Waals surface area contributed by atoms with Crippen molar-refractivity contribution in [3.8, 4) is 17.2 Å². The number of aryl methyl sites for hydroxylation is 1. The Morgan fingerprint density at radius 1 is 1.33 bits per heavy atom. The number of carbonyl (C=O) groups is 2. The maximum atomic E-state index is 13.2. The molecule has 0 spiro atoms. The largest absolute Gasteiger partial charge is 0.335 e. The van der Waals surface area contributed by atoms with Gasteiger partial charge in [-0.1, -0.05) is 12.6 Å². The molecular weight excluding hydrogens is 378 g/mol. The zero-order valence-electron chi connectivity index (χ0n) is 16.5. The molecule has 30 heavy (non-hydrogen) atoms. The number of carbonyl (C=O) groups excluding carboxylic acids is 2. The fraction of sp³-hybridized carbons (Fsp3) is 0.217. The number of H-pyrrole nitrogens is 1. The average molecular weight is 397 g/mol. The van der Waals surface area contributed by atoms with Crippen LogP contribution < -0.4 is 0 Å². The lowest BCUT2D eigenvalue weighted by Gasteiger charge is -2.43. The Morgan fingerprint density at radius 3 is 2.87 bits per heavy atom. The van der Waals surface area contributed by atoms with E-state index in [9.17, 15) is 14.9 Å². The van der Waals surface area contributed by atoms with Crippen LogP contribution in [0.2, 0.25) is 0 Å². The minimum atomic E-state index is -0.117. The quantitative estimate of drug-likeness (QED) is 0.688. The maximum Gasteiger partial charge on any atom is 0.254 e. The van der Waals surface area contributed by atoms with Crippen LogP contribution in [0, 0.1) is 18.3 Å². The zero-order valence-corrected chi connectivity index (χ0v) is 16.5. The second-order valence-corrected chi connectivity index (χ2v) is 7.79. The number of aromatic amines is 1. The number of nitrogens with one attached hydrogen (secondary N) is 1. The number of aromatic nitrogens is 2. The summed E-state index contributed by atoms with van der Waals surface area (Å²) >= 11 is 0. The highest BCUT2D eigenvalue weighted by molar-refractivity contribution is 6.03. The average Bonchev–Trinajstić information content (AvgIpc) is 3.31. The van der Waals surface area contributed by atoms with Crippen LogP contribution in [-0.4, -0.2) is 50.9 Å². The highest BCUT2D eigenvalue weighted by atomic mass is 16.2. The second kappa shape index (κ2) is 6.56. The molecule has 1 aromatic heterocycles. The number of nitrogens with zero attached hydrogens (tertiary/aromatic N) is 4. The summed E-state index contributed by atoms with van der Waals surface area (Å²) in [4.78, 5) is 28.3. The van der Waals surface area contributed by atoms with E-state index in [1.807, 2.05) is 31.2 Å². The third-order valence-electron chi connectivity index (χ3n) is 6.09. The van der Waals surface area contributed by atoms with E-state index in [1.54, 1.807) is 16.0 Å². The van der Waals surface area contributed by atoms with Crippen LogP contribution >= 0.6 is 0 Å². The fourth-order valence-corrected chi connectivity index (χ4v) is 4.42. The standard InChI is InChI=1S/C23H19N5O2/c1-3-21(29)27-11-16(12-27)28-10-15-6-14(8-24)17(7-18(15)23(28)30)22-13(2)4-5-20-19(22)9-25-26-20/h3-7,9,16H,1,10-12H2,2H3,(H,25,26). The summed E-state index contributed by atoms with van der Waals surface area (Å²) in [6, 6.07) is 9.90. The SMILES string of the molecule is C=CC(=O)N1CC(N2Cc3cc(C#N)c(-c4c(C)ccc5[nH]ncc45)cc3C2=O)C1.